The van der Waals surface area contributed by atoms with Crippen LogP contribution in [0, 0.1) is 5.92 Å². The molecule has 1 aromatic heterocycles. The van der Waals surface area contributed by atoms with Crippen molar-refractivity contribution in [2.45, 2.75) is 26.3 Å². The fraction of sp³-hybridized carbons (Fsp3) is 0.462. The van der Waals surface area contributed by atoms with Gasteiger partial charge in [0.25, 0.3) is 5.91 Å². The summed E-state index contributed by atoms with van der Waals surface area (Å²) in [5.41, 5.74) is 0.771. The highest BCUT2D eigenvalue weighted by molar-refractivity contribution is 5.99. The molecule has 2 unspecified atom stereocenters. The number of nitrogens with zero attached hydrogens (tertiary/aromatic N) is 1. The van der Waals surface area contributed by atoms with Crippen LogP contribution in [0.15, 0.2) is 12.3 Å². The predicted molar refractivity (Wildman–Crippen MR) is 67.0 cm³/mol. The lowest BCUT2D eigenvalue weighted by atomic mass is 10.0. The van der Waals surface area contributed by atoms with E-state index in [0.29, 0.717) is 24.2 Å². The Morgan fingerprint density at radius 2 is 2.11 bits per heavy atom. The van der Waals surface area contributed by atoms with E-state index in [0.717, 1.165) is 0 Å². The van der Waals surface area contributed by atoms with E-state index in [1.165, 1.54) is 24.1 Å². The molecule has 6 nitrogen and oxygen atoms in total. The summed E-state index contributed by atoms with van der Waals surface area (Å²) in [7, 11) is 0. The van der Waals surface area contributed by atoms with Crippen LogP contribution < -0.4 is 0 Å². The van der Waals surface area contributed by atoms with Crippen LogP contribution in [0.5, 0.6) is 0 Å². The summed E-state index contributed by atoms with van der Waals surface area (Å²) in [5.74, 6) is -1.78. The van der Waals surface area contributed by atoms with Gasteiger partial charge in [-0.2, -0.15) is 0 Å². The van der Waals surface area contributed by atoms with Crippen molar-refractivity contribution in [3.05, 3.63) is 23.5 Å². The van der Waals surface area contributed by atoms with Crippen molar-refractivity contribution in [2.24, 2.45) is 5.92 Å². The summed E-state index contributed by atoms with van der Waals surface area (Å²) >= 11 is 0. The number of ketones is 1. The van der Waals surface area contributed by atoms with Crippen molar-refractivity contribution in [3.63, 3.8) is 0 Å². The number of H-pyrrole nitrogens is 1. The molecule has 1 aromatic rings. The van der Waals surface area contributed by atoms with E-state index in [9.17, 15) is 14.4 Å². The SMILES string of the molecule is CC(=O)c1c[nH]c(C(=O)N2CCC(C(=O)O)C2C)c1. The van der Waals surface area contributed by atoms with Crippen LogP contribution in [0.25, 0.3) is 0 Å². The van der Waals surface area contributed by atoms with E-state index in [2.05, 4.69) is 4.98 Å². The lowest BCUT2D eigenvalue weighted by molar-refractivity contribution is -0.142. The van der Waals surface area contributed by atoms with Gasteiger partial charge in [0.2, 0.25) is 0 Å². The molecule has 2 N–H and O–H groups in total. The van der Waals surface area contributed by atoms with E-state index in [1.54, 1.807) is 6.92 Å². The van der Waals surface area contributed by atoms with Crippen LogP contribution in [0.1, 0.15) is 41.1 Å². The molecule has 0 spiro atoms. The number of hydrogen-bond donors (Lipinski definition) is 2. The van der Waals surface area contributed by atoms with Gasteiger partial charge >= 0.3 is 5.97 Å². The lowest BCUT2D eigenvalue weighted by Gasteiger charge is -2.22. The van der Waals surface area contributed by atoms with Gasteiger partial charge in [-0.15, -0.1) is 0 Å². The zero-order valence-corrected chi connectivity index (χ0v) is 10.8. The first-order valence-corrected chi connectivity index (χ1v) is 6.15. The summed E-state index contributed by atoms with van der Waals surface area (Å²) in [6.07, 6.45) is 1.95. The van der Waals surface area contributed by atoms with Crippen LogP contribution in [0.4, 0.5) is 0 Å². The maximum Gasteiger partial charge on any atom is 0.308 e. The zero-order chi connectivity index (χ0) is 14.2. The molecule has 19 heavy (non-hydrogen) atoms. The fourth-order valence-corrected chi connectivity index (χ4v) is 2.43. The Morgan fingerprint density at radius 1 is 1.42 bits per heavy atom. The van der Waals surface area contributed by atoms with Crippen molar-refractivity contribution in [1.29, 1.82) is 0 Å². The molecular weight excluding hydrogens is 248 g/mol. The summed E-state index contributed by atoms with van der Waals surface area (Å²) in [5, 5.41) is 9.04. The lowest BCUT2D eigenvalue weighted by Crippen LogP contribution is -2.37. The number of aliphatic carboxylic acids is 1. The number of aromatic nitrogens is 1. The zero-order valence-electron chi connectivity index (χ0n) is 10.8. The molecule has 2 atom stereocenters. The molecule has 6 heteroatoms. The molecule has 0 saturated carbocycles. The molecule has 1 aliphatic heterocycles. The maximum absolute atomic E-state index is 12.3. The number of carboxylic acids is 1. The number of aromatic amines is 1. The van der Waals surface area contributed by atoms with E-state index < -0.39 is 11.9 Å². The Bertz CT molecular complexity index is 535. The molecular formula is C13H16N2O4. The van der Waals surface area contributed by atoms with Crippen LogP contribution in [0.2, 0.25) is 0 Å². The summed E-state index contributed by atoms with van der Waals surface area (Å²) in [4.78, 5) is 38.8. The first-order valence-electron chi connectivity index (χ1n) is 6.15. The third kappa shape index (κ3) is 2.38. The number of rotatable bonds is 3. The Balaban J connectivity index is 2.16. The highest BCUT2D eigenvalue weighted by atomic mass is 16.4. The molecule has 102 valence electrons. The van der Waals surface area contributed by atoms with Gasteiger partial charge in [-0.1, -0.05) is 0 Å². The normalized spacial score (nSPS) is 22.5. The van der Waals surface area contributed by atoms with Gasteiger partial charge < -0.3 is 15.0 Å². The van der Waals surface area contributed by atoms with Gasteiger partial charge in [-0.3, -0.25) is 14.4 Å². The Morgan fingerprint density at radius 3 is 2.58 bits per heavy atom. The Labute approximate surface area is 110 Å². The number of carboxylic acid groups (broad SMARTS) is 1. The number of amides is 1. The minimum Gasteiger partial charge on any atom is -0.481 e. The monoisotopic (exact) mass is 264 g/mol. The molecule has 2 heterocycles. The minimum atomic E-state index is -0.876. The van der Waals surface area contributed by atoms with Gasteiger partial charge in [0, 0.05) is 24.3 Å². The Hall–Kier alpha value is -2.11. The topological polar surface area (TPSA) is 90.5 Å². The van der Waals surface area contributed by atoms with Gasteiger partial charge in [-0.05, 0) is 26.3 Å². The average molecular weight is 264 g/mol. The minimum absolute atomic E-state index is 0.117. The smallest absolute Gasteiger partial charge is 0.308 e. The van der Waals surface area contributed by atoms with Gasteiger partial charge in [-0.25, -0.2) is 0 Å². The second kappa shape index (κ2) is 4.87. The highest BCUT2D eigenvalue weighted by Gasteiger charge is 2.38. The third-order valence-electron chi connectivity index (χ3n) is 3.65. The summed E-state index contributed by atoms with van der Waals surface area (Å²) in [6.45, 7) is 3.58. The van der Waals surface area contributed by atoms with Crippen molar-refractivity contribution in [1.82, 2.24) is 9.88 Å². The van der Waals surface area contributed by atoms with Crippen LogP contribution in [0.3, 0.4) is 0 Å². The largest absolute Gasteiger partial charge is 0.481 e. The second-order valence-electron chi connectivity index (χ2n) is 4.83. The van der Waals surface area contributed by atoms with Crippen molar-refractivity contribution >= 4 is 17.7 Å². The van der Waals surface area contributed by atoms with E-state index in [-0.39, 0.29) is 17.7 Å². The summed E-state index contributed by atoms with van der Waals surface area (Å²) < 4.78 is 0. The van der Waals surface area contributed by atoms with Gasteiger partial charge in [0.05, 0.1) is 5.92 Å². The number of carbonyl (C=O) groups excluding carboxylic acids is 2. The molecule has 0 aliphatic carbocycles. The molecule has 1 saturated heterocycles. The van der Waals surface area contributed by atoms with Crippen molar-refractivity contribution < 1.29 is 19.5 Å². The molecule has 0 bridgehead atoms. The van der Waals surface area contributed by atoms with E-state index in [1.807, 2.05) is 0 Å². The first-order chi connectivity index (χ1) is 8.91. The first kappa shape index (κ1) is 13.3. The van der Waals surface area contributed by atoms with Crippen LogP contribution in [-0.2, 0) is 4.79 Å². The molecule has 1 aliphatic rings. The van der Waals surface area contributed by atoms with Crippen LogP contribution >= 0.6 is 0 Å². The molecule has 1 amide bonds. The number of Topliss-reactive ketones (excluding diaryl/α,β-unsaturated/α-hetero) is 1. The molecule has 1 fully saturated rings. The standard InChI is InChI=1S/C13H16N2O4/c1-7-10(13(18)19)3-4-15(7)12(17)11-5-9(6-14-11)8(2)16/h5-7,10,14H,3-4H2,1-2H3,(H,18,19). The predicted octanol–water partition coefficient (Wildman–Crippen LogP) is 1.15. The second-order valence-corrected chi connectivity index (χ2v) is 4.83. The number of carbonyl (C=O) groups is 3. The fourth-order valence-electron chi connectivity index (χ4n) is 2.43. The molecule has 0 radical (unpaired) electrons. The van der Waals surface area contributed by atoms with Crippen molar-refractivity contribution in [2.75, 3.05) is 6.54 Å². The quantitative estimate of drug-likeness (QED) is 0.801. The highest BCUT2D eigenvalue weighted by Crippen LogP contribution is 2.26. The maximum atomic E-state index is 12.3. The molecule has 0 aromatic carbocycles. The summed E-state index contributed by atoms with van der Waals surface area (Å²) in [6, 6.07) is 1.17. The third-order valence-corrected chi connectivity index (χ3v) is 3.65. The van der Waals surface area contributed by atoms with E-state index in [4.69, 9.17) is 5.11 Å². The van der Waals surface area contributed by atoms with Crippen LogP contribution in [-0.4, -0.2) is 45.2 Å². The van der Waals surface area contributed by atoms with E-state index >= 15 is 0 Å². The number of likely N-dealkylation sites (tertiary alicyclic amines) is 1. The number of hydrogen-bond acceptors (Lipinski definition) is 3. The average Bonchev–Trinajstić information content (AvgIpc) is 2.94. The molecule has 2 rings (SSSR count). The Kier molecular flexibility index (Phi) is 3.42. The van der Waals surface area contributed by atoms with Crippen molar-refractivity contribution in [3.8, 4) is 0 Å². The number of nitrogens with one attached hydrogen (secondary N) is 1. The van der Waals surface area contributed by atoms with Gasteiger partial charge in [0.1, 0.15) is 5.69 Å². The van der Waals surface area contributed by atoms with Gasteiger partial charge in [0.15, 0.2) is 5.78 Å².